The van der Waals surface area contributed by atoms with E-state index in [1.807, 2.05) is 17.0 Å². The van der Waals surface area contributed by atoms with Gasteiger partial charge in [-0.1, -0.05) is 11.8 Å². The lowest BCUT2D eigenvalue weighted by Gasteiger charge is -2.31. The van der Waals surface area contributed by atoms with Gasteiger partial charge in [0.05, 0.1) is 0 Å². The molecule has 1 saturated heterocycles. The molecule has 1 amide bonds. The zero-order valence-corrected chi connectivity index (χ0v) is 22.2. The summed E-state index contributed by atoms with van der Waals surface area (Å²) in [6.45, 7) is 2.65. The zero-order chi connectivity index (χ0) is 23.7. The molecule has 2 N–H and O–H groups in total. The molecule has 5 rings (SSSR count). The minimum Gasteiger partial charge on any atom is -0.454 e. The zero-order valence-electron chi connectivity index (χ0n) is 18.4. The van der Waals surface area contributed by atoms with Crippen LogP contribution in [0.3, 0.4) is 0 Å². The number of ether oxygens (including phenoxy) is 2. The van der Waals surface area contributed by atoms with Crippen molar-refractivity contribution >= 4 is 60.0 Å². The van der Waals surface area contributed by atoms with Crippen molar-refractivity contribution in [1.29, 1.82) is 0 Å². The van der Waals surface area contributed by atoms with Crippen molar-refractivity contribution in [2.45, 2.75) is 35.9 Å². The van der Waals surface area contributed by atoms with Crippen molar-refractivity contribution in [2.75, 3.05) is 32.2 Å². The second kappa shape index (κ2) is 10.2. The number of halogens is 1. The molecule has 4 heterocycles. The highest BCUT2D eigenvalue weighted by atomic mass is 79.9. The quantitative estimate of drug-likeness (QED) is 0.429. The number of rotatable bonds is 7. The van der Waals surface area contributed by atoms with Crippen LogP contribution in [0.15, 0.2) is 33.0 Å². The smallest absolute Gasteiger partial charge is 0.253 e. The predicted octanol–water partition coefficient (Wildman–Crippen LogP) is 3.22. The number of fused-ring (bicyclic) bond motifs is 2. The van der Waals surface area contributed by atoms with Crippen molar-refractivity contribution < 1.29 is 18.8 Å². The first-order valence-corrected chi connectivity index (χ1v) is 13.1. The highest BCUT2D eigenvalue weighted by Gasteiger charge is 2.25. The third kappa shape index (κ3) is 4.82. The summed E-state index contributed by atoms with van der Waals surface area (Å²) >= 11 is 5.15. The summed E-state index contributed by atoms with van der Waals surface area (Å²) in [5, 5.41) is 0.787. The molecule has 10 nitrogen and oxygen atoms in total. The first-order valence-electron chi connectivity index (χ1n) is 10.9. The Morgan fingerprint density at radius 2 is 2.03 bits per heavy atom. The number of carbonyl (C=O) groups is 1. The molecule has 1 fully saturated rings. The van der Waals surface area contributed by atoms with Gasteiger partial charge in [0.15, 0.2) is 40.2 Å². The molecule has 2 aliphatic rings. The average Bonchev–Trinajstić information content (AvgIpc) is 3.43. The molecular weight excluding hydrogens is 543 g/mol. The number of carbonyl (C=O) groups excluding carboxylic acids is 1. The maximum atomic E-state index is 12.1. The number of imidazole rings is 1. The number of piperidine rings is 1. The normalized spacial score (nSPS) is 16.0. The third-order valence-corrected chi connectivity index (χ3v) is 8.28. The van der Waals surface area contributed by atoms with Crippen molar-refractivity contribution in [3.63, 3.8) is 0 Å². The Morgan fingerprint density at radius 3 is 2.79 bits per heavy atom. The van der Waals surface area contributed by atoms with Crippen LogP contribution in [-0.2, 0) is 15.9 Å². The standard InChI is InChI=1S/C21H25BrN6O4PS/c22-13-7-14-15(31-11-30-14)8-16(13)34-21-26-18-19(23)24-10-25-20(18)28(21)6-3-12-1-4-27(5-2-12)17(29)9-32-33/h7-8,10,12H,1-6,9,11H2,33H3,(H2,23,24,25)/q+1. The largest absolute Gasteiger partial charge is 0.454 e. The Labute approximate surface area is 211 Å². The Bertz CT molecular complexity index is 1220. The lowest BCUT2D eigenvalue weighted by atomic mass is 9.93. The van der Waals surface area contributed by atoms with Gasteiger partial charge in [0.1, 0.15) is 15.8 Å². The average molecular weight is 568 g/mol. The van der Waals surface area contributed by atoms with Crippen LogP contribution in [0.2, 0.25) is 0 Å². The monoisotopic (exact) mass is 567 g/mol. The minimum atomic E-state index is 0.0641. The molecule has 2 aliphatic heterocycles. The van der Waals surface area contributed by atoms with E-state index < -0.39 is 0 Å². The van der Waals surface area contributed by atoms with Gasteiger partial charge in [-0.15, -0.1) is 0 Å². The van der Waals surface area contributed by atoms with E-state index in [0.717, 1.165) is 64.8 Å². The molecule has 2 aromatic heterocycles. The highest BCUT2D eigenvalue weighted by Crippen LogP contribution is 2.43. The number of hydrogen-bond donors (Lipinski definition) is 1. The predicted molar refractivity (Wildman–Crippen MR) is 135 cm³/mol. The number of nitrogens with two attached hydrogens (primary N) is 1. The fraction of sp³-hybridized carbons (Fsp3) is 0.429. The molecule has 0 saturated carbocycles. The topological polar surface area (TPSA) is 118 Å². The van der Waals surface area contributed by atoms with E-state index >= 15 is 0 Å². The van der Waals surface area contributed by atoms with Gasteiger partial charge in [-0.05, 0) is 53.2 Å². The number of hydrogen-bond acceptors (Lipinski definition) is 9. The van der Waals surface area contributed by atoms with Gasteiger partial charge in [-0.2, -0.15) is 0 Å². The molecule has 180 valence electrons. The van der Waals surface area contributed by atoms with E-state index in [0.29, 0.717) is 23.0 Å². The summed E-state index contributed by atoms with van der Waals surface area (Å²) in [5.74, 6) is 2.37. The number of nitrogen functional groups attached to an aromatic ring is 1. The van der Waals surface area contributed by atoms with Crippen molar-refractivity contribution in [2.24, 2.45) is 5.92 Å². The van der Waals surface area contributed by atoms with Crippen molar-refractivity contribution in [1.82, 2.24) is 24.4 Å². The van der Waals surface area contributed by atoms with Gasteiger partial charge in [0.2, 0.25) is 6.79 Å². The third-order valence-electron chi connectivity index (χ3n) is 6.11. The fourth-order valence-corrected chi connectivity index (χ4v) is 5.93. The number of amides is 1. The Kier molecular flexibility index (Phi) is 7.10. The van der Waals surface area contributed by atoms with E-state index in [-0.39, 0.29) is 19.3 Å². The van der Waals surface area contributed by atoms with Crippen LogP contribution in [0.5, 0.6) is 11.5 Å². The number of likely N-dealkylation sites (tertiary alicyclic amines) is 1. The molecule has 1 unspecified atom stereocenters. The van der Waals surface area contributed by atoms with Gasteiger partial charge in [-0.25, -0.2) is 19.5 Å². The first kappa shape index (κ1) is 23.6. The minimum absolute atomic E-state index is 0.0641. The molecule has 0 aliphatic carbocycles. The summed E-state index contributed by atoms with van der Waals surface area (Å²) in [6, 6.07) is 3.86. The number of anilines is 1. The van der Waals surface area contributed by atoms with E-state index in [4.69, 9.17) is 24.7 Å². The van der Waals surface area contributed by atoms with Gasteiger partial charge in [0.25, 0.3) is 5.91 Å². The van der Waals surface area contributed by atoms with E-state index in [1.54, 1.807) is 0 Å². The summed E-state index contributed by atoms with van der Waals surface area (Å²) in [4.78, 5) is 28.3. The van der Waals surface area contributed by atoms with Gasteiger partial charge in [0, 0.05) is 29.0 Å². The van der Waals surface area contributed by atoms with Gasteiger partial charge < -0.3 is 24.7 Å². The molecule has 0 bridgehead atoms. The van der Waals surface area contributed by atoms with Crippen LogP contribution in [-0.4, -0.2) is 56.8 Å². The van der Waals surface area contributed by atoms with Crippen molar-refractivity contribution in [3.05, 3.63) is 22.9 Å². The summed E-state index contributed by atoms with van der Waals surface area (Å²) < 4.78 is 19.0. The number of aromatic nitrogens is 4. The molecule has 13 heteroatoms. The Balaban J connectivity index is 1.35. The summed E-state index contributed by atoms with van der Waals surface area (Å²) in [7, 11) is 1.36. The molecule has 3 aromatic rings. The van der Waals surface area contributed by atoms with Crippen LogP contribution < -0.4 is 15.2 Å². The maximum Gasteiger partial charge on any atom is 0.253 e. The van der Waals surface area contributed by atoms with Crippen LogP contribution in [0.25, 0.3) is 11.2 Å². The number of nitrogens with zero attached hydrogens (tertiary/aromatic N) is 5. The molecule has 1 atom stereocenters. The van der Waals surface area contributed by atoms with E-state index in [2.05, 4.69) is 30.5 Å². The molecule has 0 radical (unpaired) electrons. The molecular formula is C21H25BrN6O4PS+. The lowest BCUT2D eigenvalue weighted by molar-refractivity contribution is -0.134. The first-order chi connectivity index (χ1) is 16.5. The van der Waals surface area contributed by atoms with Crippen LogP contribution in [0.1, 0.15) is 19.3 Å². The second-order valence-corrected chi connectivity index (χ2v) is 10.4. The van der Waals surface area contributed by atoms with Gasteiger partial charge in [-0.3, -0.25) is 4.79 Å². The van der Waals surface area contributed by atoms with Crippen LogP contribution >= 0.6 is 37.2 Å². The van der Waals surface area contributed by atoms with Crippen molar-refractivity contribution in [3.8, 4) is 11.5 Å². The molecule has 34 heavy (non-hydrogen) atoms. The summed E-state index contributed by atoms with van der Waals surface area (Å²) in [5.41, 5.74) is 7.44. The Hall–Kier alpha value is -2.14. The van der Waals surface area contributed by atoms with Crippen LogP contribution in [0, 0.1) is 5.92 Å². The number of aryl methyl sites for hydroxylation is 1. The second-order valence-electron chi connectivity index (χ2n) is 8.18. The Morgan fingerprint density at radius 1 is 1.26 bits per heavy atom. The lowest BCUT2D eigenvalue weighted by Crippen LogP contribution is -2.40. The fourth-order valence-electron chi connectivity index (χ4n) is 4.25. The SMILES string of the molecule is Nc1ncnc2c1nc(Sc1cc3c(cc1Br)OCO3)n2CCC1CCN(C(=O)CO[PH3+])CC1. The molecule has 0 spiro atoms. The van der Waals surface area contributed by atoms with E-state index in [9.17, 15) is 4.79 Å². The molecule has 1 aromatic carbocycles. The van der Waals surface area contributed by atoms with E-state index in [1.165, 1.54) is 27.6 Å². The number of benzene rings is 1. The van der Waals surface area contributed by atoms with Gasteiger partial charge >= 0.3 is 0 Å². The maximum absolute atomic E-state index is 12.1. The summed E-state index contributed by atoms with van der Waals surface area (Å²) in [6.07, 6.45) is 4.37. The van der Waals surface area contributed by atoms with Crippen LogP contribution in [0.4, 0.5) is 5.82 Å². The highest BCUT2D eigenvalue weighted by molar-refractivity contribution is 9.10.